The Hall–Kier alpha value is -1.93. The van der Waals surface area contributed by atoms with E-state index in [2.05, 4.69) is 36.2 Å². The van der Waals surface area contributed by atoms with Gasteiger partial charge >= 0.3 is 0 Å². The van der Waals surface area contributed by atoms with Crippen LogP contribution in [-0.4, -0.2) is 31.0 Å². The first-order valence-electron chi connectivity index (χ1n) is 7.34. The Labute approximate surface area is 152 Å². The van der Waals surface area contributed by atoms with Crippen LogP contribution in [-0.2, 0) is 11.3 Å². The maximum Gasteiger partial charge on any atom is 0.230 e. The Kier molecular flexibility index (Phi) is 5.15. The van der Waals surface area contributed by atoms with Gasteiger partial charge < -0.3 is 9.72 Å². The average molecular weight is 406 g/mol. The summed E-state index contributed by atoms with van der Waals surface area (Å²) in [6.45, 7) is 4.23. The fourth-order valence-electron chi connectivity index (χ4n) is 2.23. The molecular weight excluding hydrogens is 390 g/mol. The van der Waals surface area contributed by atoms with Crippen LogP contribution in [0.3, 0.4) is 0 Å². The molecule has 0 fully saturated rings. The number of halogens is 1. The number of rotatable bonds is 5. The first-order chi connectivity index (χ1) is 11.5. The topological polar surface area (TPSA) is 72.2 Å². The summed E-state index contributed by atoms with van der Waals surface area (Å²) in [5, 5.41) is 3.50. The molecular formula is C16H16BrN5OS. The van der Waals surface area contributed by atoms with Crippen LogP contribution < -0.4 is 5.32 Å². The molecule has 124 valence electrons. The van der Waals surface area contributed by atoms with E-state index < -0.39 is 0 Å². The number of imidazole rings is 1. The minimum absolute atomic E-state index is 0.0685. The lowest BCUT2D eigenvalue weighted by Crippen LogP contribution is -2.24. The van der Waals surface area contributed by atoms with Crippen molar-refractivity contribution in [1.82, 2.24) is 24.7 Å². The van der Waals surface area contributed by atoms with Gasteiger partial charge in [0.25, 0.3) is 0 Å². The van der Waals surface area contributed by atoms with Crippen LogP contribution in [0, 0.1) is 13.8 Å². The van der Waals surface area contributed by atoms with Gasteiger partial charge in [-0.2, -0.15) is 0 Å². The molecule has 3 heterocycles. The largest absolute Gasteiger partial charge is 0.350 e. The van der Waals surface area contributed by atoms with Crippen molar-refractivity contribution in [2.24, 2.45) is 0 Å². The third-order valence-corrected chi connectivity index (χ3v) is 4.54. The highest BCUT2D eigenvalue weighted by atomic mass is 79.9. The molecule has 0 saturated heterocycles. The number of thioether (sulfide) groups is 1. The number of hydrogen-bond donors (Lipinski definition) is 1. The van der Waals surface area contributed by atoms with Crippen LogP contribution >= 0.6 is 27.7 Å². The van der Waals surface area contributed by atoms with Gasteiger partial charge in [-0.05, 0) is 48.0 Å². The van der Waals surface area contributed by atoms with E-state index in [-0.39, 0.29) is 11.7 Å². The summed E-state index contributed by atoms with van der Waals surface area (Å²) >= 11 is 4.76. The lowest BCUT2D eigenvalue weighted by Gasteiger charge is -2.04. The van der Waals surface area contributed by atoms with E-state index in [9.17, 15) is 4.79 Å². The van der Waals surface area contributed by atoms with Crippen molar-refractivity contribution in [3.05, 3.63) is 52.1 Å². The Balaban J connectivity index is 1.54. The summed E-state index contributed by atoms with van der Waals surface area (Å²) in [5.74, 6) is 0.211. The highest BCUT2D eigenvalue weighted by Gasteiger charge is 2.08. The van der Waals surface area contributed by atoms with Gasteiger partial charge in [-0.15, -0.1) is 0 Å². The van der Waals surface area contributed by atoms with Crippen molar-refractivity contribution >= 4 is 39.2 Å². The van der Waals surface area contributed by atoms with E-state index in [1.807, 2.05) is 48.8 Å². The van der Waals surface area contributed by atoms with E-state index in [0.717, 1.165) is 27.2 Å². The zero-order valence-corrected chi connectivity index (χ0v) is 15.7. The smallest absolute Gasteiger partial charge is 0.230 e. The number of carbonyl (C=O) groups excluding carboxylic acids is 1. The van der Waals surface area contributed by atoms with E-state index in [1.54, 1.807) is 0 Å². The summed E-state index contributed by atoms with van der Waals surface area (Å²) in [4.78, 5) is 25.1. The number of aryl methyl sites for hydroxylation is 2. The fraction of sp³-hybridized carbons (Fsp3) is 0.250. The third-order valence-electron chi connectivity index (χ3n) is 3.23. The average Bonchev–Trinajstić information content (AvgIpc) is 2.92. The summed E-state index contributed by atoms with van der Waals surface area (Å²) in [7, 11) is 0. The molecule has 0 unspecified atom stereocenters. The van der Waals surface area contributed by atoms with Gasteiger partial charge in [0.05, 0.1) is 18.0 Å². The first kappa shape index (κ1) is 16.9. The minimum Gasteiger partial charge on any atom is -0.350 e. The van der Waals surface area contributed by atoms with E-state index in [1.165, 1.54) is 11.8 Å². The van der Waals surface area contributed by atoms with Gasteiger partial charge in [0, 0.05) is 28.3 Å². The summed E-state index contributed by atoms with van der Waals surface area (Å²) in [6, 6.07) is 5.76. The van der Waals surface area contributed by atoms with Crippen LogP contribution in [0.4, 0.5) is 0 Å². The Morgan fingerprint density at radius 2 is 1.96 bits per heavy atom. The molecule has 0 bridgehead atoms. The van der Waals surface area contributed by atoms with Crippen molar-refractivity contribution in [1.29, 1.82) is 0 Å². The summed E-state index contributed by atoms with van der Waals surface area (Å²) < 4.78 is 2.90. The molecule has 3 aromatic heterocycles. The Morgan fingerprint density at radius 1 is 1.21 bits per heavy atom. The van der Waals surface area contributed by atoms with Gasteiger partial charge in [0.15, 0.2) is 5.16 Å². The van der Waals surface area contributed by atoms with Gasteiger partial charge in [-0.25, -0.2) is 15.0 Å². The molecule has 0 aliphatic carbocycles. The standard InChI is InChI=1S/C16H16BrN5OS/c1-10-5-11(2)20-16(19-10)24-9-15(23)18-6-13-8-22-7-12(17)3-4-14(22)21-13/h3-5,7-8H,6,9H2,1-2H3,(H,18,23). The van der Waals surface area contributed by atoms with Crippen LogP contribution in [0.5, 0.6) is 0 Å². The number of carbonyl (C=O) groups is 1. The van der Waals surface area contributed by atoms with Crippen LogP contribution in [0.15, 0.2) is 40.2 Å². The fourth-order valence-corrected chi connectivity index (χ4v) is 3.36. The number of hydrogen-bond acceptors (Lipinski definition) is 5. The molecule has 8 heteroatoms. The zero-order valence-electron chi connectivity index (χ0n) is 13.3. The van der Waals surface area contributed by atoms with Crippen LogP contribution in [0.1, 0.15) is 17.1 Å². The van der Waals surface area contributed by atoms with E-state index >= 15 is 0 Å². The molecule has 0 saturated carbocycles. The van der Waals surface area contributed by atoms with Crippen molar-refractivity contribution < 1.29 is 4.79 Å². The summed E-state index contributed by atoms with van der Waals surface area (Å²) in [6.07, 6.45) is 3.83. The molecule has 0 atom stereocenters. The van der Waals surface area contributed by atoms with Crippen molar-refractivity contribution in [2.75, 3.05) is 5.75 Å². The number of nitrogens with zero attached hydrogens (tertiary/aromatic N) is 4. The lowest BCUT2D eigenvalue weighted by molar-refractivity contribution is -0.118. The number of nitrogens with one attached hydrogen (secondary N) is 1. The number of amides is 1. The van der Waals surface area contributed by atoms with Gasteiger partial charge in [0.1, 0.15) is 5.65 Å². The molecule has 0 aliphatic heterocycles. The second-order valence-electron chi connectivity index (χ2n) is 5.34. The summed E-state index contributed by atoms with van der Waals surface area (Å²) in [5.41, 5.74) is 3.47. The highest BCUT2D eigenvalue weighted by molar-refractivity contribution is 9.10. The zero-order chi connectivity index (χ0) is 17.1. The molecule has 3 aromatic rings. The molecule has 24 heavy (non-hydrogen) atoms. The molecule has 0 aromatic carbocycles. The van der Waals surface area contributed by atoms with Crippen molar-refractivity contribution in [3.63, 3.8) is 0 Å². The quantitative estimate of drug-likeness (QED) is 0.521. The third kappa shape index (κ3) is 4.33. The molecule has 1 amide bonds. The first-order valence-corrected chi connectivity index (χ1v) is 9.12. The second-order valence-corrected chi connectivity index (χ2v) is 7.20. The number of aromatic nitrogens is 4. The van der Waals surface area contributed by atoms with E-state index in [4.69, 9.17) is 0 Å². The Morgan fingerprint density at radius 3 is 2.71 bits per heavy atom. The number of fused-ring (bicyclic) bond motifs is 1. The van der Waals surface area contributed by atoms with Crippen LogP contribution in [0.25, 0.3) is 5.65 Å². The molecule has 1 N–H and O–H groups in total. The predicted octanol–water partition coefficient (Wildman–Crippen LogP) is 2.91. The lowest BCUT2D eigenvalue weighted by atomic mass is 10.4. The molecule has 3 rings (SSSR count). The Bertz CT molecular complexity index is 875. The molecule has 0 spiro atoms. The maximum absolute atomic E-state index is 12.0. The minimum atomic E-state index is -0.0685. The van der Waals surface area contributed by atoms with Crippen molar-refractivity contribution in [3.8, 4) is 0 Å². The van der Waals surface area contributed by atoms with Gasteiger partial charge in [-0.1, -0.05) is 11.8 Å². The second kappa shape index (κ2) is 7.31. The predicted molar refractivity (Wildman–Crippen MR) is 97.0 cm³/mol. The monoisotopic (exact) mass is 405 g/mol. The maximum atomic E-state index is 12.0. The number of pyridine rings is 1. The van der Waals surface area contributed by atoms with Gasteiger partial charge in [0.2, 0.25) is 5.91 Å². The highest BCUT2D eigenvalue weighted by Crippen LogP contribution is 2.14. The van der Waals surface area contributed by atoms with Crippen molar-refractivity contribution in [2.45, 2.75) is 25.5 Å². The van der Waals surface area contributed by atoms with Crippen LogP contribution in [0.2, 0.25) is 0 Å². The molecule has 0 radical (unpaired) electrons. The molecule has 0 aliphatic rings. The normalized spacial score (nSPS) is 11.0. The SMILES string of the molecule is Cc1cc(C)nc(SCC(=O)NCc2cn3cc(Br)ccc3n2)n1. The molecule has 6 nitrogen and oxygen atoms in total. The van der Waals surface area contributed by atoms with Gasteiger partial charge in [-0.3, -0.25) is 4.79 Å². The van der Waals surface area contributed by atoms with E-state index in [0.29, 0.717) is 11.7 Å².